The Morgan fingerprint density at radius 1 is 1.47 bits per heavy atom. The van der Waals surface area contributed by atoms with E-state index in [1.165, 1.54) is 9.79 Å². The van der Waals surface area contributed by atoms with Crippen LogP contribution >= 0.6 is 23.5 Å². The third-order valence-corrected chi connectivity index (χ3v) is 4.69. The second-order valence-corrected chi connectivity index (χ2v) is 5.71. The van der Waals surface area contributed by atoms with E-state index >= 15 is 0 Å². The fraction of sp³-hybridized carbons (Fsp3) is 0.545. The van der Waals surface area contributed by atoms with Crippen LogP contribution in [0.3, 0.4) is 0 Å². The van der Waals surface area contributed by atoms with E-state index in [1.807, 2.05) is 6.92 Å². The van der Waals surface area contributed by atoms with Crippen LogP contribution in [-0.4, -0.2) is 11.5 Å². The Bertz CT molecular complexity index is 423. The number of rotatable bonds is 3. The molecular weight excluding hydrogens is 228 g/mol. The Labute approximate surface area is 97.8 Å². The first kappa shape index (κ1) is 11.1. The molecule has 0 fully saturated rings. The molecule has 15 heavy (non-hydrogen) atoms. The van der Waals surface area contributed by atoms with Gasteiger partial charge < -0.3 is 4.42 Å². The smallest absolute Gasteiger partial charge is 0.340 e. The zero-order chi connectivity index (χ0) is 10.8. The fourth-order valence-electron chi connectivity index (χ4n) is 1.72. The molecule has 0 unspecified atom stereocenters. The molecule has 1 aromatic heterocycles. The summed E-state index contributed by atoms with van der Waals surface area (Å²) in [5, 5.41) is 0. The number of aryl methyl sites for hydroxylation is 1. The maximum absolute atomic E-state index is 11.7. The van der Waals surface area contributed by atoms with Gasteiger partial charge in [0.2, 0.25) is 0 Å². The summed E-state index contributed by atoms with van der Waals surface area (Å²) < 4.78 is 5.36. The second kappa shape index (κ2) is 4.66. The third kappa shape index (κ3) is 1.97. The van der Waals surface area contributed by atoms with E-state index in [2.05, 4.69) is 6.92 Å². The summed E-state index contributed by atoms with van der Waals surface area (Å²) in [6.45, 7) is 4.16. The van der Waals surface area contributed by atoms with Crippen molar-refractivity contribution in [2.45, 2.75) is 36.5 Å². The molecule has 0 aliphatic carbocycles. The topological polar surface area (TPSA) is 30.2 Å². The van der Waals surface area contributed by atoms with Gasteiger partial charge in [-0.1, -0.05) is 13.8 Å². The molecule has 0 N–H and O–H groups in total. The molecule has 0 bridgehead atoms. The van der Waals surface area contributed by atoms with E-state index in [0.717, 1.165) is 35.7 Å². The second-order valence-electron chi connectivity index (χ2n) is 3.33. The van der Waals surface area contributed by atoms with Gasteiger partial charge >= 0.3 is 5.63 Å². The van der Waals surface area contributed by atoms with Crippen molar-refractivity contribution in [1.29, 1.82) is 0 Å². The minimum absolute atomic E-state index is 0.118. The lowest BCUT2D eigenvalue weighted by molar-refractivity contribution is 0.436. The molecule has 0 aromatic carbocycles. The Hall–Kier alpha value is -0.350. The molecule has 1 aromatic rings. The van der Waals surface area contributed by atoms with Crippen LogP contribution in [0.4, 0.5) is 0 Å². The Kier molecular flexibility index (Phi) is 3.46. The van der Waals surface area contributed by atoms with Crippen LogP contribution in [0.15, 0.2) is 19.0 Å². The summed E-state index contributed by atoms with van der Waals surface area (Å²) in [4.78, 5) is 14.1. The van der Waals surface area contributed by atoms with Gasteiger partial charge in [0, 0.05) is 17.1 Å². The van der Waals surface area contributed by atoms with E-state index in [9.17, 15) is 4.79 Å². The molecule has 0 spiro atoms. The highest BCUT2D eigenvalue weighted by Crippen LogP contribution is 2.39. The molecule has 0 saturated carbocycles. The lowest BCUT2D eigenvalue weighted by atomic mass is 10.2. The van der Waals surface area contributed by atoms with Crippen molar-refractivity contribution in [2.24, 2.45) is 0 Å². The monoisotopic (exact) mass is 242 g/mol. The highest BCUT2D eigenvalue weighted by atomic mass is 32.2. The zero-order valence-corrected chi connectivity index (χ0v) is 10.6. The quantitative estimate of drug-likeness (QED) is 0.762. The molecule has 0 saturated heterocycles. The van der Waals surface area contributed by atoms with E-state index in [1.54, 1.807) is 23.5 Å². The van der Waals surface area contributed by atoms with E-state index in [-0.39, 0.29) is 5.63 Å². The Morgan fingerprint density at radius 3 is 2.93 bits per heavy atom. The minimum Gasteiger partial charge on any atom is -0.426 e. The van der Waals surface area contributed by atoms with Crippen molar-refractivity contribution in [3.05, 3.63) is 21.7 Å². The fourth-order valence-corrected chi connectivity index (χ4v) is 4.08. The largest absolute Gasteiger partial charge is 0.426 e. The Morgan fingerprint density at radius 2 is 2.27 bits per heavy atom. The van der Waals surface area contributed by atoms with Gasteiger partial charge in [0.1, 0.15) is 5.76 Å². The van der Waals surface area contributed by atoms with Gasteiger partial charge in [-0.25, -0.2) is 4.79 Å². The molecule has 82 valence electrons. The first-order chi connectivity index (χ1) is 7.27. The van der Waals surface area contributed by atoms with Crippen molar-refractivity contribution >= 4 is 23.5 Å². The number of thioether (sulfide) groups is 2. The molecule has 2 nitrogen and oxygen atoms in total. The average Bonchev–Trinajstić information content (AvgIpc) is 2.71. The third-order valence-electron chi connectivity index (χ3n) is 2.40. The van der Waals surface area contributed by atoms with Gasteiger partial charge in [-0.2, -0.15) is 0 Å². The van der Waals surface area contributed by atoms with Crippen molar-refractivity contribution in [2.75, 3.05) is 11.5 Å². The van der Waals surface area contributed by atoms with Crippen LogP contribution in [0, 0.1) is 0 Å². The SMILES string of the molecule is CCSc1c(CC)oc(=O)c2c1SCC2. The van der Waals surface area contributed by atoms with E-state index in [4.69, 9.17) is 4.42 Å². The molecule has 0 amide bonds. The first-order valence-electron chi connectivity index (χ1n) is 5.22. The zero-order valence-electron chi connectivity index (χ0n) is 8.96. The van der Waals surface area contributed by atoms with E-state index in [0.29, 0.717) is 0 Å². The molecule has 2 rings (SSSR count). The summed E-state index contributed by atoms with van der Waals surface area (Å²) in [5.41, 5.74) is 0.778. The Balaban J connectivity index is 2.59. The normalized spacial score (nSPS) is 14.3. The molecule has 2 heterocycles. The van der Waals surface area contributed by atoms with Crippen LogP contribution < -0.4 is 5.63 Å². The maximum atomic E-state index is 11.7. The average molecular weight is 242 g/mol. The number of hydrogen-bond donors (Lipinski definition) is 0. The number of hydrogen-bond acceptors (Lipinski definition) is 4. The van der Waals surface area contributed by atoms with Crippen LogP contribution in [-0.2, 0) is 12.8 Å². The molecule has 0 atom stereocenters. The summed E-state index contributed by atoms with van der Waals surface area (Å²) in [6.07, 6.45) is 1.66. The van der Waals surface area contributed by atoms with Gasteiger partial charge in [0.15, 0.2) is 0 Å². The summed E-state index contributed by atoms with van der Waals surface area (Å²) in [6, 6.07) is 0. The highest BCUT2D eigenvalue weighted by molar-refractivity contribution is 8.02. The number of fused-ring (bicyclic) bond motifs is 1. The summed E-state index contributed by atoms with van der Waals surface area (Å²) in [5.74, 6) is 2.90. The van der Waals surface area contributed by atoms with Crippen molar-refractivity contribution in [3.63, 3.8) is 0 Å². The highest BCUT2D eigenvalue weighted by Gasteiger charge is 2.23. The predicted octanol–water partition coefficient (Wildman–Crippen LogP) is 2.96. The van der Waals surface area contributed by atoms with Crippen molar-refractivity contribution < 1.29 is 4.42 Å². The first-order valence-corrected chi connectivity index (χ1v) is 7.19. The molecule has 0 radical (unpaired) electrons. The van der Waals surface area contributed by atoms with Crippen LogP contribution in [0.25, 0.3) is 0 Å². The standard InChI is InChI=1S/C11H14O2S2/c1-3-8-10(14-4-2)9-7(5-6-15-9)11(12)13-8/h3-6H2,1-2H3. The van der Waals surface area contributed by atoms with Gasteiger partial charge in [-0.15, -0.1) is 23.5 Å². The van der Waals surface area contributed by atoms with Gasteiger partial charge in [0.25, 0.3) is 0 Å². The van der Waals surface area contributed by atoms with Crippen LogP contribution in [0.2, 0.25) is 0 Å². The minimum atomic E-state index is -0.118. The van der Waals surface area contributed by atoms with Gasteiger partial charge in [-0.05, 0) is 12.2 Å². The molecular formula is C11H14O2S2. The predicted molar refractivity (Wildman–Crippen MR) is 65.2 cm³/mol. The summed E-state index contributed by atoms with van der Waals surface area (Å²) >= 11 is 3.58. The van der Waals surface area contributed by atoms with Gasteiger partial charge in [0.05, 0.1) is 10.5 Å². The molecule has 1 aliphatic rings. The lowest BCUT2D eigenvalue weighted by Crippen LogP contribution is -2.09. The van der Waals surface area contributed by atoms with Crippen LogP contribution in [0.5, 0.6) is 0 Å². The van der Waals surface area contributed by atoms with Crippen LogP contribution in [0.1, 0.15) is 25.2 Å². The van der Waals surface area contributed by atoms with Crippen molar-refractivity contribution in [3.8, 4) is 0 Å². The molecule has 4 heteroatoms. The lowest BCUT2D eigenvalue weighted by Gasteiger charge is -2.09. The van der Waals surface area contributed by atoms with Gasteiger partial charge in [-0.3, -0.25) is 0 Å². The van der Waals surface area contributed by atoms with Crippen molar-refractivity contribution in [1.82, 2.24) is 0 Å². The maximum Gasteiger partial charge on any atom is 0.340 e. The molecule has 1 aliphatic heterocycles. The summed E-state index contributed by atoms with van der Waals surface area (Å²) in [7, 11) is 0. The van der Waals surface area contributed by atoms with E-state index < -0.39 is 0 Å².